The molecule has 2 rings (SSSR count). The number of halogens is 2. The van der Waals surface area contributed by atoms with Gasteiger partial charge in [-0.1, -0.05) is 0 Å². The number of nitrogens with zero attached hydrogens (tertiary/aromatic N) is 2. The van der Waals surface area contributed by atoms with Crippen LogP contribution in [0.25, 0.3) is 0 Å². The Morgan fingerprint density at radius 2 is 2.21 bits per heavy atom. The first-order valence-corrected chi connectivity index (χ1v) is 6.39. The Morgan fingerprint density at radius 3 is 2.74 bits per heavy atom. The van der Waals surface area contributed by atoms with E-state index in [4.69, 9.17) is 11.6 Å². The van der Waals surface area contributed by atoms with E-state index >= 15 is 0 Å². The van der Waals surface area contributed by atoms with E-state index in [0.29, 0.717) is 6.54 Å². The van der Waals surface area contributed by atoms with Gasteiger partial charge in [-0.25, -0.2) is 4.39 Å². The van der Waals surface area contributed by atoms with Crippen LogP contribution in [0.5, 0.6) is 0 Å². The molecule has 19 heavy (non-hydrogen) atoms. The monoisotopic (exact) mass is 286 g/mol. The molecular formula is C12H12ClFN2O3. The van der Waals surface area contributed by atoms with Gasteiger partial charge in [0.15, 0.2) is 0 Å². The van der Waals surface area contributed by atoms with Gasteiger partial charge in [0.05, 0.1) is 4.92 Å². The van der Waals surface area contributed by atoms with E-state index in [0.717, 1.165) is 31.0 Å². The molecular weight excluding hydrogens is 275 g/mol. The number of nitro groups is 1. The number of hydrogen-bond donors (Lipinski definition) is 0. The molecule has 1 saturated carbocycles. The second-order valence-electron chi connectivity index (χ2n) is 4.34. The molecule has 0 spiro atoms. The Bertz CT molecular complexity index is 520. The Balaban J connectivity index is 2.35. The topological polar surface area (TPSA) is 63.4 Å². The summed E-state index contributed by atoms with van der Waals surface area (Å²) in [7, 11) is 0. The number of rotatable bonds is 5. The molecule has 5 nitrogen and oxygen atoms in total. The molecule has 0 N–H and O–H groups in total. The molecule has 1 fully saturated rings. The van der Waals surface area contributed by atoms with Crippen LogP contribution in [-0.4, -0.2) is 34.2 Å². The quantitative estimate of drug-likeness (QED) is 0.475. The van der Waals surface area contributed by atoms with Gasteiger partial charge < -0.3 is 4.90 Å². The van der Waals surface area contributed by atoms with Crippen LogP contribution in [0.4, 0.5) is 10.1 Å². The van der Waals surface area contributed by atoms with Gasteiger partial charge in [-0.05, 0) is 25.0 Å². The zero-order valence-corrected chi connectivity index (χ0v) is 10.8. The van der Waals surface area contributed by atoms with Crippen LogP contribution in [0.3, 0.4) is 0 Å². The maximum atomic E-state index is 13.2. The van der Waals surface area contributed by atoms with Crippen LogP contribution >= 0.6 is 11.6 Å². The molecule has 0 atom stereocenters. The normalized spacial score (nSPS) is 14.2. The minimum atomic E-state index is -0.682. The summed E-state index contributed by atoms with van der Waals surface area (Å²) < 4.78 is 13.2. The molecule has 0 saturated heterocycles. The summed E-state index contributed by atoms with van der Waals surface area (Å²) in [4.78, 5) is 24.0. The highest BCUT2D eigenvalue weighted by Gasteiger charge is 2.35. The van der Waals surface area contributed by atoms with Crippen molar-refractivity contribution in [3.63, 3.8) is 0 Å². The molecule has 1 aromatic carbocycles. The summed E-state index contributed by atoms with van der Waals surface area (Å²) in [5.41, 5.74) is -0.603. The summed E-state index contributed by atoms with van der Waals surface area (Å²) in [6, 6.07) is 2.95. The van der Waals surface area contributed by atoms with Gasteiger partial charge in [0.1, 0.15) is 11.4 Å². The average molecular weight is 287 g/mol. The molecule has 0 aliphatic heterocycles. The molecule has 0 bridgehead atoms. The van der Waals surface area contributed by atoms with Gasteiger partial charge in [0, 0.05) is 24.5 Å². The second-order valence-corrected chi connectivity index (χ2v) is 4.72. The molecule has 1 amide bonds. The van der Waals surface area contributed by atoms with E-state index in [1.54, 1.807) is 0 Å². The second kappa shape index (κ2) is 5.52. The van der Waals surface area contributed by atoms with Crippen LogP contribution in [-0.2, 0) is 0 Å². The lowest BCUT2D eigenvalue weighted by Gasteiger charge is -2.21. The highest BCUT2D eigenvalue weighted by molar-refractivity contribution is 6.18. The van der Waals surface area contributed by atoms with Gasteiger partial charge in [-0.15, -0.1) is 11.6 Å². The molecule has 0 aromatic heterocycles. The smallest absolute Gasteiger partial charge is 0.282 e. The van der Waals surface area contributed by atoms with Crippen LogP contribution < -0.4 is 0 Å². The largest absolute Gasteiger partial charge is 0.334 e. The van der Waals surface area contributed by atoms with Crippen LogP contribution in [0.1, 0.15) is 23.2 Å². The van der Waals surface area contributed by atoms with Crippen molar-refractivity contribution in [2.75, 3.05) is 12.4 Å². The zero-order valence-electron chi connectivity index (χ0n) is 10.0. The third-order valence-electron chi connectivity index (χ3n) is 2.96. The standard InChI is InChI=1S/C12H12ClFN2O3/c13-5-6-15(9-2-3-9)12(17)10-7-8(14)1-4-11(10)16(18)19/h1,4,7,9H,2-3,5-6H2. The minimum absolute atomic E-state index is 0.0640. The van der Waals surface area contributed by atoms with E-state index in [1.165, 1.54) is 4.90 Å². The Morgan fingerprint density at radius 1 is 1.53 bits per heavy atom. The van der Waals surface area contributed by atoms with Crippen LogP contribution in [0.15, 0.2) is 18.2 Å². The lowest BCUT2D eigenvalue weighted by molar-refractivity contribution is -0.385. The third-order valence-corrected chi connectivity index (χ3v) is 3.13. The third kappa shape index (κ3) is 3.01. The van der Waals surface area contributed by atoms with Crippen LogP contribution in [0.2, 0.25) is 0 Å². The molecule has 1 aliphatic carbocycles. The van der Waals surface area contributed by atoms with Gasteiger partial charge >= 0.3 is 0 Å². The highest BCUT2D eigenvalue weighted by atomic mass is 35.5. The lowest BCUT2D eigenvalue weighted by atomic mass is 10.1. The summed E-state index contributed by atoms with van der Waals surface area (Å²) in [5, 5.41) is 10.9. The van der Waals surface area contributed by atoms with Gasteiger partial charge in [-0.3, -0.25) is 14.9 Å². The average Bonchev–Trinajstić information content (AvgIpc) is 3.19. The lowest BCUT2D eigenvalue weighted by Crippen LogP contribution is -2.35. The summed E-state index contributed by atoms with van der Waals surface area (Å²) >= 11 is 5.63. The van der Waals surface area contributed by atoms with E-state index < -0.39 is 16.6 Å². The number of nitro benzene ring substituents is 1. The molecule has 7 heteroatoms. The SMILES string of the molecule is O=C(c1cc(F)ccc1[N+](=O)[O-])N(CCCl)C1CC1. The number of benzene rings is 1. The van der Waals surface area contributed by atoms with E-state index in [9.17, 15) is 19.3 Å². The van der Waals surface area contributed by atoms with Gasteiger partial charge in [0.25, 0.3) is 11.6 Å². The van der Waals surface area contributed by atoms with Crippen molar-refractivity contribution in [1.82, 2.24) is 4.90 Å². The number of hydrogen-bond acceptors (Lipinski definition) is 3. The number of carbonyl (C=O) groups excluding carboxylic acids is 1. The molecule has 0 heterocycles. The molecule has 0 unspecified atom stereocenters. The van der Waals surface area contributed by atoms with E-state index in [-0.39, 0.29) is 23.2 Å². The predicted octanol–water partition coefficient (Wildman–Crippen LogP) is 2.58. The van der Waals surface area contributed by atoms with E-state index in [1.807, 2.05) is 0 Å². The number of alkyl halides is 1. The number of carbonyl (C=O) groups is 1. The Labute approximate surface area is 114 Å². The van der Waals surface area contributed by atoms with Gasteiger partial charge in [0.2, 0.25) is 0 Å². The molecule has 1 aromatic rings. The van der Waals surface area contributed by atoms with Crippen molar-refractivity contribution in [3.8, 4) is 0 Å². The van der Waals surface area contributed by atoms with Crippen molar-refractivity contribution in [2.45, 2.75) is 18.9 Å². The highest BCUT2D eigenvalue weighted by Crippen LogP contribution is 2.30. The summed E-state index contributed by atoms with van der Waals surface area (Å²) in [5.74, 6) is -0.962. The zero-order chi connectivity index (χ0) is 14.0. The maximum Gasteiger partial charge on any atom is 0.282 e. The first-order valence-electron chi connectivity index (χ1n) is 5.85. The molecule has 0 radical (unpaired) electrons. The molecule has 1 aliphatic rings. The minimum Gasteiger partial charge on any atom is -0.334 e. The summed E-state index contributed by atoms with van der Waals surface area (Å²) in [6.45, 7) is 0.304. The first-order chi connectivity index (χ1) is 9.04. The van der Waals surface area contributed by atoms with E-state index in [2.05, 4.69) is 0 Å². The van der Waals surface area contributed by atoms with Gasteiger partial charge in [-0.2, -0.15) is 0 Å². The first kappa shape index (κ1) is 13.7. The predicted molar refractivity (Wildman–Crippen MR) is 67.8 cm³/mol. The van der Waals surface area contributed by atoms with Crippen LogP contribution in [0, 0.1) is 15.9 Å². The van der Waals surface area contributed by atoms with Crippen molar-refractivity contribution in [2.24, 2.45) is 0 Å². The van der Waals surface area contributed by atoms with Crippen molar-refractivity contribution in [3.05, 3.63) is 39.7 Å². The fourth-order valence-electron chi connectivity index (χ4n) is 1.92. The Hall–Kier alpha value is -1.69. The number of amides is 1. The van der Waals surface area contributed by atoms with Crippen molar-refractivity contribution < 1.29 is 14.1 Å². The molecule has 102 valence electrons. The summed E-state index contributed by atoms with van der Waals surface area (Å²) in [6.07, 6.45) is 1.71. The fraction of sp³-hybridized carbons (Fsp3) is 0.417. The fourth-order valence-corrected chi connectivity index (χ4v) is 2.10. The maximum absolute atomic E-state index is 13.2. The Kier molecular flexibility index (Phi) is 3.99. The van der Waals surface area contributed by atoms with Crippen molar-refractivity contribution in [1.29, 1.82) is 0 Å². The van der Waals surface area contributed by atoms with Crippen molar-refractivity contribution >= 4 is 23.2 Å².